The van der Waals surface area contributed by atoms with Gasteiger partial charge >= 0.3 is 12.0 Å². The number of hydrogen-bond acceptors (Lipinski definition) is 10. The molecule has 12 nitrogen and oxygen atoms in total. The zero-order chi connectivity index (χ0) is 27.1. The number of nitrogens with one attached hydrogen (secondary N) is 3. The normalized spacial score (nSPS) is 17.4. The molecule has 4 N–H and O–H groups in total. The summed E-state index contributed by atoms with van der Waals surface area (Å²) in [5.74, 6) is 1.51. The molecule has 12 heteroatoms. The standard InChI is InChI=1S/C26H30N4O8/c1-4-35-21-12-17(24-23(25(32)34-3)15(2)28-26(33)29-24)6-8-19(21)38-14-22(31)30-27-13-16-5-7-18-20(11-16)37-10-9-36-18/h5-8,11-13,22,24,30-31H,4,9-10,14H2,1-3H3,(H2,28,29,33)/b27-13+/t22-,24-/m1/s1. The first-order valence-electron chi connectivity index (χ1n) is 12.0. The number of hydrogen-bond donors (Lipinski definition) is 4. The van der Waals surface area contributed by atoms with Crippen LogP contribution in [0.5, 0.6) is 23.0 Å². The van der Waals surface area contributed by atoms with Crippen LogP contribution in [0.3, 0.4) is 0 Å². The predicted molar refractivity (Wildman–Crippen MR) is 136 cm³/mol. The number of aliphatic hydroxyl groups is 1. The fourth-order valence-electron chi connectivity index (χ4n) is 3.96. The minimum absolute atomic E-state index is 0.131. The monoisotopic (exact) mass is 526 g/mol. The van der Waals surface area contributed by atoms with E-state index in [4.69, 9.17) is 23.7 Å². The van der Waals surface area contributed by atoms with Crippen molar-refractivity contribution >= 4 is 18.2 Å². The number of hydrazone groups is 1. The van der Waals surface area contributed by atoms with Crippen LogP contribution in [0.1, 0.15) is 31.0 Å². The van der Waals surface area contributed by atoms with Gasteiger partial charge in [0.2, 0.25) is 0 Å². The van der Waals surface area contributed by atoms with Gasteiger partial charge in [0.15, 0.2) is 29.2 Å². The molecule has 2 aliphatic heterocycles. The van der Waals surface area contributed by atoms with E-state index in [1.165, 1.54) is 7.11 Å². The number of nitrogens with zero attached hydrogens (tertiary/aromatic N) is 1. The van der Waals surface area contributed by atoms with Crippen molar-refractivity contribution in [1.82, 2.24) is 16.1 Å². The van der Waals surface area contributed by atoms with E-state index in [2.05, 4.69) is 21.2 Å². The molecule has 0 radical (unpaired) electrons. The number of fused-ring (bicyclic) bond motifs is 1. The zero-order valence-corrected chi connectivity index (χ0v) is 21.3. The summed E-state index contributed by atoms with van der Waals surface area (Å²) in [6.45, 7) is 4.66. The van der Waals surface area contributed by atoms with Crippen LogP contribution in [-0.4, -0.2) is 63.1 Å². The van der Waals surface area contributed by atoms with Gasteiger partial charge in [-0.1, -0.05) is 6.07 Å². The second-order valence-electron chi connectivity index (χ2n) is 8.32. The van der Waals surface area contributed by atoms with Crippen molar-refractivity contribution in [3.8, 4) is 23.0 Å². The highest BCUT2D eigenvalue weighted by Gasteiger charge is 2.32. The number of allylic oxidation sites excluding steroid dienone is 1. The van der Waals surface area contributed by atoms with Crippen LogP contribution < -0.4 is 35.0 Å². The van der Waals surface area contributed by atoms with Crippen molar-refractivity contribution < 1.29 is 38.4 Å². The Morgan fingerprint density at radius 2 is 1.97 bits per heavy atom. The van der Waals surface area contributed by atoms with Crippen LogP contribution in [0.4, 0.5) is 4.79 Å². The number of amides is 2. The first-order chi connectivity index (χ1) is 18.4. The molecule has 38 heavy (non-hydrogen) atoms. The number of esters is 1. The van der Waals surface area contributed by atoms with Gasteiger partial charge in [0, 0.05) is 5.70 Å². The maximum Gasteiger partial charge on any atom is 0.337 e. The average molecular weight is 527 g/mol. The summed E-state index contributed by atoms with van der Waals surface area (Å²) >= 11 is 0. The van der Waals surface area contributed by atoms with Crippen LogP contribution in [-0.2, 0) is 9.53 Å². The first-order valence-corrected chi connectivity index (χ1v) is 12.0. The van der Waals surface area contributed by atoms with Gasteiger partial charge in [0.1, 0.15) is 19.8 Å². The van der Waals surface area contributed by atoms with Crippen LogP contribution in [0.2, 0.25) is 0 Å². The molecule has 2 aromatic rings. The topological polar surface area (TPSA) is 149 Å². The van der Waals surface area contributed by atoms with E-state index in [1.807, 2.05) is 13.0 Å². The Morgan fingerprint density at radius 1 is 1.18 bits per heavy atom. The smallest absolute Gasteiger partial charge is 0.337 e. The molecule has 0 saturated carbocycles. The summed E-state index contributed by atoms with van der Waals surface area (Å²) in [4.78, 5) is 24.5. The molecule has 0 saturated heterocycles. The van der Waals surface area contributed by atoms with Gasteiger partial charge in [-0.2, -0.15) is 5.10 Å². The molecule has 2 amide bonds. The van der Waals surface area contributed by atoms with E-state index in [0.717, 1.165) is 5.56 Å². The Balaban J connectivity index is 1.41. The SMILES string of the molecule is CCOc1cc([C@H]2NC(=O)NC(C)=C2C(=O)OC)ccc1OC[C@@H](O)N/N=C/c1ccc2c(c1)OCCO2. The first kappa shape index (κ1) is 26.6. The fourth-order valence-corrected chi connectivity index (χ4v) is 3.96. The van der Waals surface area contributed by atoms with Crippen LogP contribution >= 0.6 is 0 Å². The number of rotatable bonds is 10. The maximum atomic E-state index is 12.4. The molecular weight excluding hydrogens is 496 g/mol. The summed E-state index contributed by atoms with van der Waals surface area (Å²) < 4.78 is 27.4. The summed E-state index contributed by atoms with van der Waals surface area (Å²) in [7, 11) is 1.28. The lowest BCUT2D eigenvalue weighted by Crippen LogP contribution is -2.45. The van der Waals surface area contributed by atoms with E-state index < -0.39 is 24.3 Å². The molecular formula is C26H30N4O8. The number of aliphatic hydroxyl groups excluding tert-OH is 1. The highest BCUT2D eigenvalue weighted by Crippen LogP contribution is 2.35. The number of methoxy groups -OCH3 is 1. The number of carbonyl (C=O) groups excluding carboxylic acids is 2. The van der Waals surface area contributed by atoms with E-state index >= 15 is 0 Å². The van der Waals surface area contributed by atoms with Gasteiger partial charge in [-0.15, -0.1) is 0 Å². The highest BCUT2D eigenvalue weighted by molar-refractivity contribution is 5.95. The molecule has 2 aromatic carbocycles. The van der Waals surface area contributed by atoms with E-state index in [0.29, 0.717) is 54.1 Å². The molecule has 2 aliphatic rings. The Labute approximate surface area is 219 Å². The zero-order valence-electron chi connectivity index (χ0n) is 21.3. The van der Waals surface area contributed by atoms with Gasteiger partial charge in [0.25, 0.3) is 0 Å². The van der Waals surface area contributed by atoms with Gasteiger partial charge in [-0.05, 0) is 55.3 Å². The molecule has 0 bridgehead atoms. The largest absolute Gasteiger partial charge is 0.490 e. The third kappa shape index (κ3) is 6.27. The van der Waals surface area contributed by atoms with Crippen molar-refractivity contribution in [2.45, 2.75) is 26.1 Å². The summed E-state index contributed by atoms with van der Waals surface area (Å²) in [6.07, 6.45) is 0.432. The lowest BCUT2D eigenvalue weighted by Gasteiger charge is -2.28. The van der Waals surface area contributed by atoms with Gasteiger partial charge in [0.05, 0.1) is 31.5 Å². The molecule has 0 aromatic heterocycles. The molecule has 4 rings (SSSR count). The lowest BCUT2D eigenvalue weighted by atomic mass is 9.95. The third-order valence-corrected chi connectivity index (χ3v) is 5.68. The summed E-state index contributed by atoms with van der Waals surface area (Å²) in [5, 5.41) is 19.7. The molecule has 0 aliphatic carbocycles. The predicted octanol–water partition coefficient (Wildman–Crippen LogP) is 1.98. The Bertz CT molecular complexity index is 1250. The second-order valence-corrected chi connectivity index (χ2v) is 8.32. The Kier molecular flexibility index (Phi) is 8.54. The summed E-state index contributed by atoms with van der Waals surface area (Å²) in [6, 6.07) is 9.25. The van der Waals surface area contributed by atoms with E-state index in [-0.39, 0.29) is 12.2 Å². The van der Waals surface area contributed by atoms with Gasteiger partial charge in [-0.25, -0.2) is 9.59 Å². The van der Waals surface area contributed by atoms with Crippen LogP contribution in [0, 0.1) is 0 Å². The summed E-state index contributed by atoms with van der Waals surface area (Å²) in [5.41, 5.74) is 4.64. The van der Waals surface area contributed by atoms with Crippen molar-refractivity contribution in [2.24, 2.45) is 5.10 Å². The van der Waals surface area contributed by atoms with Gasteiger partial charge in [-0.3, -0.25) is 5.43 Å². The average Bonchev–Trinajstić information content (AvgIpc) is 2.91. The molecule has 2 atom stereocenters. The second kappa shape index (κ2) is 12.2. The Hall–Kier alpha value is -4.45. The molecule has 2 heterocycles. The highest BCUT2D eigenvalue weighted by atomic mass is 16.6. The van der Waals surface area contributed by atoms with Crippen molar-refractivity contribution in [3.63, 3.8) is 0 Å². The number of ether oxygens (including phenoxy) is 5. The lowest BCUT2D eigenvalue weighted by molar-refractivity contribution is -0.136. The number of benzene rings is 2. The minimum Gasteiger partial charge on any atom is -0.490 e. The molecule has 202 valence electrons. The number of carbonyl (C=O) groups is 2. The van der Waals surface area contributed by atoms with Gasteiger partial charge < -0.3 is 39.4 Å². The minimum atomic E-state index is -1.11. The number of urea groups is 1. The van der Waals surface area contributed by atoms with E-state index in [9.17, 15) is 14.7 Å². The third-order valence-electron chi connectivity index (χ3n) is 5.68. The maximum absolute atomic E-state index is 12.4. The van der Waals surface area contributed by atoms with E-state index in [1.54, 1.807) is 43.5 Å². The quantitative estimate of drug-likeness (QED) is 0.158. The van der Waals surface area contributed by atoms with Crippen LogP contribution in [0.25, 0.3) is 0 Å². The molecule has 0 spiro atoms. The van der Waals surface area contributed by atoms with Crippen molar-refractivity contribution in [3.05, 3.63) is 58.8 Å². The van der Waals surface area contributed by atoms with Crippen molar-refractivity contribution in [2.75, 3.05) is 33.5 Å². The molecule has 0 fully saturated rings. The van der Waals surface area contributed by atoms with Crippen molar-refractivity contribution in [1.29, 1.82) is 0 Å². The van der Waals surface area contributed by atoms with Crippen LogP contribution in [0.15, 0.2) is 52.8 Å². The Morgan fingerprint density at radius 3 is 2.74 bits per heavy atom. The fraction of sp³-hybridized carbons (Fsp3) is 0.346. The molecule has 0 unspecified atom stereocenters.